The van der Waals surface area contributed by atoms with Gasteiger partial charge in [-0.05, 0) is 31.5 Å². The summed E-state index contributed by atoms with van der Waals surface area (Å²) in [5.74, 6) is 1.40. The van der Waals surface area contributed by atoms with Gasteiger partial charge in [-0.1, -0.05) is 12.1 Å². The van der Waals surface area contributed by atoms with Crippen LogP contribution in [0.4, 0.5) is 11.8 Å². The molecule has 1 N–H and O–H groups in total. The molecule has 0 aliphatic rings. The summed E-state index contributed by atoms with van der Waals surface area (Å²) in [6, 6.07) is 6.79. The van der Waals surface area contributed by atoms with Crippen LogP contribution in [0.5, 0.6) is 0 Å². The molecule has 0 aliphatic heterocycles. The van der Waals surface area contributed by atoms with Crippen LogP contribution in [0.2, 0.25) is 0 Å². The molecule has 1 heterocycles. The smallest absolute Gasteiger partial charge is 0.225 e. The number of sulfone groups is 1. The Morgan fingerprint density at radius 2 is 1.78 bits per heavy atom. The number of hydrogen-bond donors (Lipinski definition) is 1. The molecule has 1 unspecified atom stereocenters. The summed E-state index contributed by atoms with van der Waals surface area (Å²) in [6.07, 6.45) is 2.98. The van der Waals surface area contributed by atoms with Crippen LogP contribution in [-0.2, 0) is 9.84 Å². The number of aromatic nitrogens is 2. The van der Waals surface area contributed by atoms with Crippen molar-refractivity contribution in [2.75, 3.05) is 30.6 Å². The van der Waals surface area contributed by atoms with Crippen molar-refractivity contribution in [1.29, 1.82) is 0 Å². The van der Waals surface area contributed by atoms with Crippen molar-refractivity contribution in [2.45, 2.75) is 24.8 Å². The SMILES string of the molecule is Cc1cnc(NC(C)c2ccc(S(C)(=O)=O)cc2)nc1N(C)C. The third kappa shape index (κ3) is 4.19. The molecule has 1 aromatic carbocycles. The van der Waals surface area contributed by atoms with Gasteiger partial charge in [-0.2, -0.15) is 4.98 Å². The first-order valence-electron chi connectivity index (χ1n) is 7.26. The van der Waals surface area contributed by atoms with E-state index in [0.717, 1.165) is 16.9 Å². The quantitative estimate of drug-likeness (QED) is 0.905. The number of anilines is 2. The lowest BCUT2D eigenvalue weighted by Gasteiger charge is -2.18. The lowest BCUT2D eigenvalue weighted by Crippen LogP contribution is -2.15. The Bertz CT molecular complexity index is 786. The zero-order chi connectivity index (χ0) is 17.2. The minimum absolute atomic E-state index is 0.0404. The van der Waals surface area contributed by atoms with Crippen LogP contribution in [0.25, 0.3) is 0 Å². The fourth-order valence-electron chi connectivity index (χ4n) is 2.24. The fraction of sp³-hybridized carbons (Fsp3) is 0.375. The van der Waals surface area contributed by atoms with E-state index < -0.39 is 9.84 Å². The second kappa shape index (κ2) is 6.54. The van der Waals surface area contributed by atoms with Crippen LogP contribution in [0.15, 0.2) is 35.4 Å². The molecule has 6 nitrogen and oxygen atoms in total. The Balaban J connectivity index is 2.19. The second-order valence-corrected chi connectivity index (χ2v) is 7.82. The molecule has 0 spiro atoms. The van der Waals surface area contributed by atoms with E-state index in [0.29, 0.717) is 10.8 Å². The maximum atomic E-state index is 11.5. The number of aryl methyl sites for hydroxylation is 1. The molecule has 2 aromatic rings. The van der Waals surface area contributed by atoms with Crippen molar-refractivity contribution in [1.82, 2.24) is 9.97 Å². The predicted molar refractivity (Wildman–Crippen MR) is 92.7 cm³/mol. The van der Waals surface area contributed by atoms with Crippen LogP contribution in [0, 0.1) is 6.92 Å². The van der Waals surface area contributed by atoms with Crippen LogP contribution in [-0.4, -0.2) is 38.7 Å². The van der Waals surface area contributed by atoms with E-state index in [1.54, 1.807) is 30.5 Å². The van der Waals surface area contributed by atoms with Gasteiger partial charge in [0.15, 0.2) is 9.84 Å². The maximum absolute atomic E-state index is 11.5. The monoisotopic (exact) mass is 334 g/mol. The van der Waals surface area contributed by atoms with Crippen molar-refractivity contribution in [3.8, 4) is 0 Å². The van der Waals surface area contributed by atoms with Gasteiger partial charge in [0.25, 0.3) is 0 Å². The van der Waals surface area contributed by atoms with Gasteiger partial charge in [0.2, 0.25) is 5.95 Å². The summed E-state index contributed by atoms with van der Waals surface area (Å²) in [5, 5.41) is 3.24. The van der Waals surface area contributed by atoms with Crippen LogP contribution in [0.3, 0.4) is 0 Å². The molecule has 1 aromatic heterocycles. The minimum atomic E-state index is -3.17. The topological polar surface area (TPSA) is 75.2 Å². The summed E-state index contributed by atoms with van der Waals surface area (Å²) < 4.78 is 23.0. The van der Waals surface area contributed by atoms with Crippen molar-refractivity contribution >= 4 is 21.6 Å². The normalized spacial score (nSPS) is 12.7. The number of benzene rings is 1. The summed E-state index contributed by atoms with van der Waals surface area (Å²) >= 11 is 0. The van der Waals surface area contributed by atoms with E-state index in [1.807, 2.05) is 32.8 Å². The third-order valence-corrected chi connectivity index (χ3v) is 4.65. The van der Waals surface area contributed by atoms with E-state index in [4.69, 9.17) is 0 Å². The third-order valence-electron chi connectivity index (χ3n) is 3.52. The largest absolute Gasteiger partial charge is 0.362 e. The Labute approximate surface area is 137 Å². The molecule has 0 amide bonds. The molecule has 0 bridgehead atoms. The number of nitrogens with one attached hydrogen (secondary N) is 1. The molecule has 0 radical (unpaired) electrons. The van der Waals surface area contributed by atoms with Crippen LogP contribution >= 0.6 is 0 Å². The van der Waals surface area contributed by atoms with Crippen molar-refractivity contribution in [3.05, 3.63) is 41.6 Å². The van der Waals surface area contributed by atoms with Gasteiger partial charge < -0.3 is 10.2 Å². The molecule has 0 aliphatic carbocycles. The predicted octanol–water partition coefficient (Wildman–Crippen LogP) is 2.43. The van der Waals surface area contributed by atoms with E-state index in [1.165, 1.54) is 6.26 Å². The van der Waals surface area contributed by atoms with Gasteiger partial charge in [0, 0.05) is 32.1 Å². The second-order valence-electron chi connectivity index (χ2n) is 5.80. The molecule has 2 rings (SSSR count). The summed E-state index contributed by atoms with van der Waals surface area (Å²) in [5.41, 5.74) is 1.97. The van der Waals surface area contributed by atoms with Gasteiger partial charge in [-0.25, -0.2) is 13.4 Å². The van der Waals surface area contributed by atoms with E-state index >= 15 is 0 Å². The number of hydrogen-bond acceptors (Lipinski definition) is 6. The first kappa shape index (κ1) is 17.2. The highest BCUT2D eigenvalue weighted by atomic mass is 32.2. The summed E-state index contributed by atoms with van der Waals surface area (Å²) in [6.45, 7) is 3.94. The molecule has 0 saturated carbocycles. The van der Waals surface area contributed by atoms with Gasteiger partial charge in [0.05, 0.1) is 10.9 Å². The van der Waals surface area contributed by atoms with Gasteiger partial charge >= 0.3 is 0 Å². The highest BCUT2D eigenvalue weighted by molar-refractivity contribution is 7.90. The standard InChI is InChI=1S/C16H22N4O2S/c1-11-10-17-16(19-15(11)20(3)4)18-12(2)13-6-8-14(9-7-13)23(5,21)22/h6-10,12H,1-5H3,(H,17,18,19). The van der Waals surface area contributed by atoms with E-state index in [9.17, 15) is 8.42 Å². The molecule has 0 saturated heterocycles. The highest BCUT2D eigenvalue weighted by Crippen LogP contribution is 2.21. The van der Waals surface area contributed by atoms with Gasteiger partial charge in [-0.3, -0.25) is 0 Å². The molecular weight excluding hydrogens is 312 g/mol. The molecule has 23 heavy (non-hydrogen) atoms. The molecule has 7 heteroatoms. The summed E-state index contributed by atoms with van der Waals surface area (Å²) in [4.78, 5) is 11.1. The van der Waals surface area contributed by atoms with Gasteiger partial charge in [0.1, 0.15) is 5.82 Å². The fourth-order valence-corrected chi connectivity index (χ4v) is 2.87. The molecule has 1 atom stereocenters. The Morgan fingerprint density at radius 1 is 1.17 bits per heavy atom. The van der Waals surface area contributed by atoms with Crippen molar-refractivity contribution < 1.29 is 8.42 Å². The lowest BCUT2D eigenvalue weighted by molar-refractivity contribution is 0.602. The molecular formula is C16H22N4O2S. The Kier molecular flexibility index (Phi) is 4.89. The summed E-state index contributed by atoms with van der Waals surface area (Å²) in [7, 11) is 0.699. The highest BCUT2D eigenvalue weighted by Gasteiger charge is 2.12. The maximum Gasteiger partial charge on any atom is 0.225 e. The number of rotatable bonds is 5. The Morgan fingerprint density at radius 3 is 2.30 bits per heavy atom. The first-order chi connectivity index (χ1) is 10.7. The van der Waals surface area contributed by atoms with Gasteiger partial charge in [-0.15, -0.1) is 0 Å². The van der Waals surface area contributed by atoms with Crippen molar-refractivity contribution in [2.24, 2.45) is 0 Å². The first-order valence-corrected chi connectivity index (χ1v) is 9.15. The van der Waals surface area contributed by atoms with Crippen molar-refractivity contribution in [3.63, 3.8) is 0 Å². The zero-order valence-electron chi connectivity index (χ0n) is 14.0. The Hall–Kier alpha value is -2.15. The minimum Gasteiger partial charge on any atom is -0.362 e. The van der Waals surface area contributed by atoms with E-state index in [-0.39, 0.29) is 6.04 Å². The van der Waals surface area contributed by atoms with E-state index in [2.05, 4.69) is 15.3 Å². The lowest BCUT2D eigenvalue weighted by atomic mass is 10.1. The zero-order valence-corrected chi connectivity index (χ0v) is 14.8. The number of nitrogens with zero attached hydrogens (tertiary/aromatic N) is 3. The molecule has 0 fully saturated rings. The van der Waals surface area contributed by atoms with Crippen LogP contribution < -0.4 is 10.2 Å². The molecule has 124 valence electrons. The average Bonchev–Trinajstić information content (AvgIpc) is 2.48. The average molecular weight is 334 g/mol. The van der Waals surface area contributed by atoms with Crippen LogP contribution in [0.1, 0.15) is 24.1 Å².